The highest BCUT2D eigenvalue weighted by atomic mass is 35.5. The molecule has 3 rings (SSSR count). The van der Waals surface area contributed by atoms with Gasteiger partial charge in [0.15, 0.2) is 0 Å². The summed E-state index contributed by atoms with van der Waals surface area (Å²) in [5, 5.41) is 4.64. The van der Waals surface area contributed by atoms with Crippen molar-refractivity contribution in [3.05, 3.63) is 52.3 Å². The molecule has 0 bridgehead atoms. The van der Waals surface area contributed by atoms with Gasteiger partial charge in [-0.1, -0.05) is 43.7 Å². The maximum Gasteiger partial charge on any atom is 0.270 e. The van der Waals surface area contributed by atoms with Crippen molar-refractivity contribution in [2.24, 2.45) is 0 Å². The summed E-state index contributed by atoms with van der Waals surface area (Å²) in [5.74, 6) is 0. The number of unbranched alkanes of at least 4 members (excludes halogenated alkanes) is 1. The zero-order valence-electron chi connectivity index (χ0n) is 15.4. The lowest BCUT2D eigenvalue weighted by molar-refractivity contribution is 0.0358. The van der Waals surface area contributed by atoms with Gasteiger partial charge in [0.05, 0.1) is 25.5 Å². The van der Waals surface area contributed by atoms with Crippen molar-refractivity contribution in [3.63, 3.8) is 0 Å². The molecule has 5 nitrogen and oxygen atoms in total. The van der Waals surface area contributed by atoms with E-state index in [-0.39, 0.29) is 18.0 Å². The molecule has 1 aliphatic heterocycles. The molecule has 142 valence electrons. The molecule has 0 radical (unpaired) electrons. The number of hydrogen-bond donors (Lipinski definition) is 0. The molecule has 2 heterocycles. The lowest BCUT2D eigenvalue weighted by Gasteiger charge is -2.26. The third kappa shape index (κ3) is 5.40. The Morgan fingerprint density at radius 3 is 2.54 bits per heavy atom. The third-order valence-electron chi connectivity index (χ3n) is 4.65. The fraction of sp³-hybridized carbons (Fsp3) is 0.500. The van der Waals surface area contributed by atoms with E-state index in [0.29, 0.717) is 6.54 Å². The smallest absolute Gasteiger partial charge is 0.270 e. The molecule has 0 unspecified atom stereocenters. The Balaban J connectivity index is 0.00000243. The van der Waals surface area contributed by atoms with Gasteiger partial charge < -0.3 is 4.74 Å². The fourth-order valence-electron chi connectivity index (χ4n) is 3.11. The number of ether oxygens (including phenoxy) is 1. The summed E-state index contributed by atoms with van der Waals surface area (Å²) in [4.78, 5) is 15.1. The lowest BCUT2D eigenvalue weighted by atomic mass is 10.1. The summed E-state index contributed by atoms with van der Waals surface area (Å²) in [6, 6.07) is 12.1. The Morgan fingerprint density at radius 1 is 1.12 bits per heavy atom. The number of aryl methyl sites for hydroxylation is 1. The molecule has 0 amide bonds. The van der Waals surface area contributed by atoms with E-state index in [1.165, 1.54) is 0 Å². The average Bonchev–Trinajstić information content (AvgIpc) is 2.67. The van der Waals surface area contributed by atoms with Gasteiger partial charge >= 0.3 is 0 Å². The number of nitrogens with zero attached hydrogens (tertiary/aromatic N) is 3. The molecule has 26 heavy (non-hydrogen) atoms. The Bertz CT molecular complexity index is 728. The topological polar surface area (TPSA) is 47.4 Å². The van der Waals surface area contributed by atoms with Crippen LogP contribution in [0.2, 0.25) is 0 Å². The summed E-state index contributed by atoms with van der Waals surface area (Å²) in [6.45, 7) is 7.00. The monoisotopic (exact) mass is 377 g/mol. The van der Waals surface area contributed by atoms with Gasteiger partial charge in [0, 0.05) is 30.8 Å². The summed E-state index contributed by atoms with van der Waals surface area (Å²) < 4.78 is 7.05. The molecule has 1 fully saturated rings. The van der Waals surface area contributed by atoms with Crippen LogP contribution in [0.5, 0.6) is 0 Å². The van der Waals surface area contributed by atoms with Crippen LogP contribution in [0, 0.1) is 0 Å². The van der Waals surface area contributed by atoms with E-state index in [4.69, 9.17) is 4.74 Å². The minimum atomic E-state index is 0. The number of aromatic nitrogens is 2. The van der Waals surface area contributed by atoms with Crippen molar-refractivity contribution in [3.8, 4) is 11.3 Å². The van der Waals surface area contributed by atoms with Gasteiger partial charge in [-0.05, 0) is 18.9 Å². The first kappa shape index (κ1) is 20.6. The molecule has 0 spiro atoms. The number of hydrogen-bond acceptors (Lipinski definition) is 4. The third-order valence-corrected chi connectivity index (χ3v) is 4.65. The molecule has 0 saturated carbocycles. The Labute approximate surface area is 161 Å². The van der Waals surface area contributed by atoms with Crippen LogP contribution in [0.15, 0.2) is 41.2 Å². The van der Waals surface area contributed by atoms with Crippen LogP contribution in [0.4, 0.5) is 0 Å². The van der Waals surface area contributed by atoms with Gasteiger partial charge in [-0.2, -0.15) is 5.10 Å². The van der Waals surface area contributed by atoms with E-state index in [9.17, 15) is 4.79 Å². The normalized spacial score (nSPS) is 14.8. The van der Waals surface area contributed by atoms with Gasteiger partial charge in [0.2, 0.25) is 0 Å². The number of rotatable bonds is 7. The van der Waals surface area contributed by atoms with Crippen LogP contribution in [0.25, 0.3) is 11.3 Å². The molecule has 1 aromatic heterocycles. The molecular weight excluding hydrogens is 350 g/mol. The first-order valence-electron chi connectivity index (χ1n) is 9.24. The van der Waals surface area contributed by atoms with Crippen LogP contribution in [0.1, 0.15) is 25.3 Å². The van der Waals surface area contributed by atoms with Crippen LogP contribution in [-0.2, 0) is 17.7 Å². The summed E-state index contributed by atoms with van der Waals surface area (Å²) in [6.07, 6.45) is 2.92. The van der Waals surface area contributed by atoms with Gasteiger partial charge in [-0.3, -0.25) is 9.69 Å². The van der Waals surface area contributed by atoms with Crippen molar-refractivity contribution in [2.45, 2.75) is 32.7 Å². The standard InChI is InChI=1S/C20H27N3O2.ClH/c1-2-3-7-18-16-19(17-8-5-4-6-9-17)21-23(20(18)24)11-10-22-12-14-25-15-13-22;/h4-6,8-9,16H,2-3,7,10-15H2,1H3;1H. The number of morpholine rings is 1. The Hall–Kier alpha value is -1.69. The van der Waals surface area contributed by atoms with Crippen LogP contribution < -0.4 is 5.56 Å². The number of benzene rings is 1. The van der Waals surface area contributed by atoms with Crippen molar-refractivity contribution in [2.75, 3.05) is 32.8 Å². The second kappa shape index (κ2) is 10.5. The zero-order chi connectivity index (χ0) is 17.5. The van der Waals surface area contributed by atoms with Crippen molar-refractivity contribution >= 4 is 12.4 Å². The quantitative estimate of drug-likeness (QED) is 0.744. The van der Waals surface area contributed by atoms with Crippen LogP contribution >= 0.6 is 12.4 Å². The molecule has 0 atom stereocenters. The molecule has 1 saturated heterocycles. The zero-order valence-corrected chi connectivity index (χ0v) is 16.2. The van der Waals surface area contributed by atoms with E-state index >= 15 is 0 Å². The van der Waals surface area contributed by atoms with E-state index in [1.54, 1.807) is 4.68 Å². The minimum Gasteiger partial charge on any atom is -0.379 e. The van der Waals surface area contributed by atoms with Crippen molar-refractivity contribution < 1.29 is 4.74 Å². The SMILES string of the molecule is CCCCc1cc(-c2ccccc2)nn(CCN2CCOCC2)c1=O.Cl. The second-order valence-corrected chi connectivity index (χ2v) is 6.51. The van der Waals surface area contributed by atoms with E-state index < -0.39 is 0 Å². The summed E-state index contributed by atoms with van der Waals surface area (Å²) in [5.41, 5.74) is 2.87. The van der Waals surface area contributed by atoms with Crippen molar-refractivity contribution in [1.29, 1.82) is 0 Å². The maximum atomic E-state index is 12.8. The van der Waals surface area contributed by atoms with E-state index in [1.807, 2.05) is 36.4 Å². The van der Waals surface area contributed by atoms with Gasteiger partial charge in [-0.25, -0.2) is 4.68 Å². The summed E-state index contributed by atoms with van der Waals surface area (Å²) >= 11 is 0. The predicted molar refractivity (Wildman–Crippen MR) is 107 cm³/mol. The average molecular weight is 378 g/mol. The van der Waals surface area contributed by atoms with E-state index in [0.717, 1.165) is 68.9 Å². The first-order valence-corrected chi connectivity index (χ1v) is 9.24. The largest absolute Gasteiger partial charge is 0.379 e. The highest BCUT2D eigenvalue weighted by Gasteiger charge is 2.13. The molecule has 0 N–H and O–H groups in total. The van der Waals surface area contributed by atoms with Gasteiger partial charge in [-0.15, -0.1) is 12.4 Å². The first-order chi connectivity index (χ1) is 12.3. The molecule has 2 aromatic rings. The Morgan fingerprint density at radius 2 is 1.85 bits per heavy atom. The molecule has 0 aliphatic carbocycles. The molecular formula is C20H28ClN3O2. The Kier molecular flexibility index (Phi) is 8.29. The summed E-state index contributed by atoms with van der Waals surface area (Å²) in [7, 11) is 0. The van der Waals surface area contributed by atoms with Crippen LogP contribution in [0.3, 0.4) is 0 Å². The van der Waals surface area contributed by atoms with E-state index in [2.05, 4.69) is 16.9 Å². The van der Waals surface area contributed by atoms with Gasteiger partial charge in [0.25, 0.3) is 5.56 Å². The second-order valence-electron chi connectivity index (χ2n) is 6.51. The molecule has 1 aliphatic rings. The van der Waals surface area contributed by atoms with Gasteiger partial charge in [0.1, 0.15) is 0 Å². The fourth-order valence-corrected chi connectivity index (χ4v) is 3.11. The highest BCUT2D eigenvalue weighted by molar-refractivity contribution is 5.85. The molecule has 1 aromatic carbocycles. The lowest BCUT2D eigenvalue weighted by Crippen LogP contribution is -2.40. The van der Waals surface area contributed by atoms with Crippen LogP contribution in [-0.4, -0.2) is 47.5 Å². The molecule has 6 heteroatoms. The van der Waals surface area contributed by atoms with Crippen molar-refractivity contribution in [1.82, 2.24) is 14.7 Å². The highest BCUT2D eigenvalue weighted by Crippen LogP contribution is 2.16. The number of halogens is 1. The minimum absolute atomic E-state index is 0. The maximum absolute atomic E-state index is 12.8. The predicted octanol–water partition coefficient (Wildman–Crippen LogP) is 3.01.